The highest BCUT2D eigenvalue weighted by atomic mass is 31.2. The second-order valence-electron chi connectivity index (χ2n) is 16.4. The molecule has 0 aliphatic heterocycles. The summed E-state index contributed by atoms with van der Waals surface area (Å²) in [6, 6.07) is -0.808. The van der Waals surface area contributed by atoms with Gasteiger partial charge < -0.3 is 28.8 Å². The number of aliphatic hydroxyl groups is 1. The Morgan fingerprint density at radius 1 is 0.655 bits per heavy atom. The Hall–Kier alpha value is -1.54. The van der Waals surface area contributed by atoms with Crippen LogP contribution in [-0.2, 0) is 18.4 Å². The van der Waals surface area contributed by atoms with E-state index in [0.717, 1.165) is 77.0 Å². The molecular weight excluding hydrogens is 707 g/mol. The highest BCUT2D eigenvalue weighted by Crippen LogP contribution is 2.38. The summed E-state index contributed by atoms with van der Waals surface area (Å²) in [6.45, 7) is 4.58. The Morgan fingerprint density at radius 3 is 1.62 bits per heavy atom. The molecule has 3 unspecified atom stereocenters. The lowest BCUT2D eigenvalue weighted by Gasteiger charge is -2.30. The van der Waals surface area contributed by atoms with Crippen LogP contribution in [0, 0.1) is 0 Å². The molecule has 0 fully saturated rings. The molecule has 0 saturated heterocycles. The summed E-state index contributed by atoms with van der Waals surface area (Å²) in [4.78, 5) is 25.3. The molecule has 0 aromatic carbocycles. The van der Waals surface area contributed by atoms with E-state index in [2.05, 4.69) is 67.8 Å². The minimum atomic E-state index is -4.57. The standard InChI is InChI=1S/C46H87N2O6P/c1-6-8-10-12-14-16-18-20-22-23-24-25-26-28-30-32-34-36-38-40-46(50)47-44(43-54-55(51,52)53-42-41-48(3,4)5)45(49)39-37-35-33-31-29-27-21-19-17-15-13-11-9-7-2/h8,10,14,16,20,22,24-25,44-45,49H,6-7,9,11-13,15,17-19,21,23,26-43H2,1-5H3,(H-,47,50,51,52)/b10-8-,16-14-,22-20-,25-24-. The molecule has 0 bridgehead atoms. The number of hydrogen-bond acceptors (Lipinski definition) is 6. The number of allylic oxidation sites excluding steroid dienone is 8. The molecule has 0 radical (unpaired) electrons. The van der Waals surface area contributed by atoms with Crippen molar-refractivity contribution in [2.45, 2.75) is 199 Å². The van der Waals surface area contributed by atoms with Gasteiger partial charge in [-0.2, -0.15) is 0 Å². The van der Waals surface area contributed by atoms with Crippen LogP contribution in [0.3, 0.4) is 0 Å². The third-order valence-corrected chi connectivity index (χ3v) is 10.8. The van der Waals surface area contributed by atoms with Crippen LogP contribution >= 0.6 is 7.82 Å². The zero-order valence-corrected chi connectivity index (χ0v) is 37.3. The van der Waals surface area contributed by atoms with E-state index in [1.165, 1.54) is 83.5 Å². The molecule has 9 heteroatoms. The van der Waals surface area contributed by atoms with E-state index in [-0.39, 0.29) is 19.1 Å². The summed E-state index contributed by atoms with van der Waals surface area (Å²) in [6.07, 6.45) is 46.8. The minimum absolute atomic E-state index is 0.00728. The van der Waals surface area contributed by atoms with Crippen molar-refractivity contribution < 1.29 is 32.9 Å². The Labute approximate surface area is 339 Å². The molecular formula is C46H87N2O6P. The maximum Gasteiger partial charge on any atom is 0.268 e. The molecule has 0 aromatic heterocycles. The van der Waals surface area contributed by atoms with Crippen LogP contribution < -0.4 is 10.2 Å². The number of rotatable bonds is 40. The zero-order chi connectivity index (χ0) is 40.7. The van der Waals surface area contributed by atoms with Crippen molar-refractivity contribution in [3.05, 3.63) is 48.6 Å². The maximum atomic E-state index is 12.9. The van der Waals surface area contributed by atoms with Gasteiger partial charge in [-0.3, -0.25) is 9.36 Å². The zero-order valence-electron chi connectivity index (χ0n) is 36.4. The molecule has 0 aliphatic carbocycles. The van der Waals surface area contributed by atoms with Crippen molar-refractivity contribution in [3.63, 3.8) is 0 Å². The average molecular weight is 795 g/mol. The van der Waals surface area contributed by atoms with E-state index in [1.54, 1.807) is 0 Å². The van der Waals surface area contributed by atoms with E-state index in [4.69, 9.17) is 9.05 Å². The van der Waals surface area contributed by atoms with Gasteiger partial charge in [0.15, 0.2) is 0 Å². The number of nitrogens with one attached hydrogen (secondary N) is 1. The van der Waals surface area contributed by atoms with E-state index in [0.29, 0.717) is 23.9 Å². The SMILES string of the molecule is CC/C=C\C/C=C\C/C=C\C/C=C\CCCCCCCCC(=O)NC(COP(=O)([O-])OCC[N+](C)(C)C)C(O)CCCCCCCCCCCCCCCC. The van der Waals surface area contributed by atoms with Gasteiger partial charge in [-0.25, -0.2) is 0 Å². The quantitative estimate of drug-likeness (QED) is 0.0277. The van der Waals surface area contributed by atoms with Crippen molar-refractivity contribution in [2.75, 3.05) is 40.9 Å². The summed E-state index contributed by atoms with van der Waals surface area (Å²) < 4.78 is 23.3. The normalized spacial score (nSPS) is 14.8. The van der Waals surface area contributed by atoms with Gasteiger partial charge in [0.05, 0.1) is 39.9 Å². The van der Waals surface area contributed by atoms with Gasteiger partial charge in [0.1, 0.15) is 13.2 Å². The number of hydrogen-bond donors (Lipinski definition) is 2. The van der Waals surface area contributed by atoms with Crippen LogP contribution in [0.4, 0.5) is 0 Å². The molecule has 0 spiro atoms. The molecule has 0 saturated carbocycles. The number of phosphoric acid groups is 1. The first-order chi connectivity index (χ1) is 26.5. The van der Waals surface area contributed by atoms with Crippen molar-refractivity contribution in [3.8, 4) is 0 Å². The van der Waals surface area contributed by atoms with Crippen molar-refractivity contribution >= 4 is 13.7 Å². The molecule has 8 nitrogen and oxygen atoms in total. The van der Waals surface area contributed by atoms with Crippen LogP contribution in [0.1, 0.15) is 187 Å². The molecule has 322 valence electrons. The number of carbonyl (C=O) groups excluding carboxylic acids is 1. The Morgan fingerprint density at radius 2 is 1.11 bits per heavy atom. The number of nitrogens with zero attached hydrogens (tertiary/aromatic N) is 1. The van der Waals surface area contributed by atoms with Gasteiger partial charge in [0, 0.05) is 6.42 Å². The summed E-state index contributed by atoms with van der Waals surface area (Å²) in [5, 5.41) is 13.9. The van der Waals surface area contributed by atoms with Crippen molar-refractivity contribution in [2.24, 2.45) is 0 Å². The van der Waals surface area contributed by atoms with Crippen LogP contribution in [0.5, 0.6) is 0 Å². The average Bonchev–Trinajstić information content (AvgIpc) is 3.13. The van der Waals surface area contributed by atoms with Crippen molar-refractivity contribution in [1.29, 1.82) is 0 Å². The van der Waals surface area contributed by atoms with Crippen LogP contribution in [0.15, 0.2) is 48.6 Å². The Balaban J connectivity index is 4.39. The fourth-order valence-corrected chi connectivity index (χ4v) is 6.99. The highest BCUT2D eigenvalue weighted by Gasteiger charge is 2.24. The summed E-state index contributed by atoms with van der Waals surface area (Å²) >= 11 is 0. The lowest BCUT2D eigenvalue weighted by atomic mass is 10.0. The fourth-order valence-electron chi connectivity index (χ4n) is 6.26. The molecule has 3 atom stereocenters. The van der Waals surface area contributed by atoms with Gasteiger partial charge in [-0.15, -0.1) is 0 Å². The van der Waals surface area contributed by atoms with Gasteiger partial charge in [-0.05, 0) is 51.4 Å². The second-order valence-corrected chi connectivity index (χ2v) is 17.8. The molecule has 0 heterocycles. The smallest absolute Gasteiger partial charge is 0.268 e. The molecule has 55 heavy (non-hydrogen) atoms. The van der Waals surface area contributed by atoms with Crippen LogP contribution in [-0.4, -0.2) is 68.5 Å². The Kier molecular flexibility index (Phi) is 36.9. The molecule has 0 aromatic rings. The van der Waals surface area contributed by atoms with E-state index in [9.17, 15) is 19.4 Å². The van der Waals surface area contributed by atoms with Gasteiger partial charge in [0.2, 0.25) is 5.91 Å². The molecule has 1 amide bonds. The lowest BCUT2D eigenvalue weighted by Crippen LogP contribution is -2.46. The van der Waals surface area contributed by atoms with Crippen LogP contribution in [0.2, 0.25) is 0 Å². The third kappa shape index (κ3) is 40.5. The van der Waals surface area contributed by atoms with Gasteiger partial charge in [0.25, 0.3) is 7.82 Å². The number of quaternary nitrogens is 1. The number of likely N-dealkylation sites (N-methyl/N-ethyl adjacent to an activating group) is 1. The highest BCUT2D eigenvalue weighted by molar-refractivity contribution is 7.45. The molecule has 2 N–H and O–H groups in total. The second kappa shape index (κ2) is 38.0. The fraction of sp³-hybridized carbons (Fsp3) is 0.804. The van der Waals surface area contributed by atoms with E-state index in [1.807, 2.05) is 21.1 Å². The number of carbonyl (C=O) groups is 1. The lowest BCUT2D eigenvalue weighted by molar-refractivity contribution is -0.870. The third-order valence-electron chi connectivity index (χ3n) is 9.83. The van der Waals surface area contributed by atoms with Gasteiger partial charge in [-0.1, -0.05) is 178 Å². The van der Waals surface area contributed by atoms with E-state index < -0.39 is 20.0 Å². The number of aliphatic hydroxyl groups excluding tert-OH is 1. The topological polar surface area (TPSA) is 108 Å². The Bertz CT molecular complexity index is 1040. The monoisotopic (exact) mass is 795 g/mol. The summed E-state index contributed by atoms with van der Waals surface area (Å²) in [5.74, 6) is -0.181. The molecule has 0 rings (SSSR count). The predicted molar refractivity (Wildman–Crippen MR) is 233 cm³/mol. The minimum Gasteiger partial charge on any atom is -0.756 e. The number of unbranched alkanes of at least 4 members (excludes halogenated alkanes) is 19. The summed E-state index contributed by atoms with van der Waals surface area (Å²) in [5.41, 5.74) is 0. The predicted octanol–water partition coefficient (Wildman–Crippen LogP) is 11.8. The number of phosphoric ester groups is 1. The summed E-state index contributed by atoms with van der Waals surface area (Å²) in [7, 11) is 1.29. The first-order valence-corrected chi connectivity index (χ1v) is 23.9. The first-order valence-electron chi connectivity index (χ1n) is 22.5. The largest absolute Gasteiger partial charge is 0.756 e. The van der Waals surface area contributed by atoms with Gasteiger partial charge >= 0.3 is 0 Å². The van der Waals surface area contributed by atoms with Crippen LogP contribution in [0.25, 0.3) is 0 Å². The maximum absolute atomic E-state index is 12.9. The van der Waals surface area contributed by atoms with E-state index >= 15 is 0 Å². The number of amides is 1. The van der Waals surface area contributed by atoms with Crippen molar-refractivity contribution in [1.82, 2.24) is 5.32 Å². The first kappa shape index (κ1) is 53.5. The molecule has 0 aliphatic rings.